The van der Waals surface area contributed by atoms with Crippen molar-refractivity contribution in [2.75, 3.05) is 19.6 Å². The molecular weight excluding hydrogens is 150 g/mol. The first kappa shape index (κ1) is 9.72. The third-order valence-electron chi connectivity index (χ3n) is 2.46. The van der Waals surface area contributed by atoms with E-state index in [-0.39, 0.29) is 5.92 Å². The van der Waals surface area contributed by atoms with E-state index in [4.69, 9.17) is 0 Å². The maximum Gasteiger partial charge on any atom is 0.136 e. The molecule has 0 radical (unpaired) electrons. The van der Waals surface area contributed by atoms with Gasteiger partial charge in [0.2, 0.25) is 0 Å². The SMILES string of the molecule is CC1CN(CCC(=O)C(C)C)C1. The molecule has 0 spiro atoms. The minimum atomic E-state index is 0.212. The molecule has 0 aromatic heterocycles. The lowest BCUT2D eigenvalue weighted by Gasteiger charge is -2.37. The molecule has 1 aliphatic rings. The first-order chi connectivity index (χ1) is 5.59. The summed E-state index contributed by atoms with van der Waals surface area (Å²) in [4.78, 5) is 13.6. The number of Topliss-reactive ketones (excluding diaryl/α,β-unsaturated/α-hetero) is 1. The van der Waals surface area contributed by atoms with Gasteiger partial charge < -0.3 is 4.90 Å². The molecule has 2 nitrogen and oxygen atoms in total. The topological polar surface area (TPSA) is 20.3 Å². The van der Waals surface area contributed by atoms with Crippen LogP contribution < -0.4 is 0 Å². The Hall–Kier alpha value is -0.370. The Morgan fingerprint density at radius 3 is 2.50 bits per heavy atom. The Bertz CT molecular complexity index is 159. The van der Waals surface area contributed by atoms with E-state index >= 15 is 0 Å². The fourth-order valence-corrected chi connectivity index (χ4v) is 1.57. The number of hydrogen-bond donors (Lipinski definition) is 0. The highest BCUT2D eigenvalue weighted by Crippen LogP contribution is 2.14. The molecule has 70 valence electrons. The van der Waals surface area contributed by atoms with Crippen LogP contribution >= 0.6 is 0 Å². The molecule has 0 bridgehead atoms. The normalized spacial score (nSPS) is 19.7. The zero-order valence-electron chi connectivity index (χ0n) is 8.34. The molecule has 2 heteroatoms. The van der Waals surface area contributed by atoms with E-state index in [2.05, 4.69) is 11.8 Å². The summed E-state index contributed by atoms with van der Waals surface area (Å²) in [6.45, 7) is 9.54. The lowest BCUT2D eigenvalue weighted by atomic mass is 10.0. The van der Waals surface area contributed by atoms with Crippen LogP contribution in [0.15, 0.2) is 0 Å². The molecular formula is C10H19NO. The van der Waals surface area contributed by atoms with Gasteiger partial charge in [-0.25, -0.2) is 0 Å². The van der Waals surface area contributed by atoms with Gasteiger partial charge in [-0.2, -0.15) is 0 Å². The molecule has 0 atom stereocenters. The van der Waals surface area contributed by atoms with Gasteiger partial charge in [-0.1, -0.05) is 20.8 Å². The van der Waals surface area contributed by atoms with Crippen molar-refractivity contribution in [2.45, 2.75) is 27.2 Å². The average Bonchev–Trinajstić information content (AvgIpc) is 1.95. The highest BCUT2D eigenvalue weighted by Gasteiger charge is 2.22. The molecule has 1 saturated heterocycles. The van der Waals surface area contributed by atoms with Crippen LogP contribution in [0, 0.1) is 11.8 Å². The molecule has 0 amide bonds. The minimum Gasteiger partial charge on any atom is -0.302 e. The third-order valence-corrected chi connectivity index (χ3v) is 2.46. The Morgan fingerprint density at radius 2 is 2.08 bits per heavy atom. The van der Waals surface area contributed by atoms with E-state index in [0.29, 0.717) is 5.78 Å². The standard InChI is InChI=1S/C10H19NO/c1-8(2)10(12)4-5-11-6-9(3)7-11/h8-9H,4-7H2,1-3H3. The largest absolute Gasteiger partial charge is 0.302 e. The van der Waals surface area contributed by atoms with Crippen molar-refractivity contribution in [1.82, 2.24) is 4.90 Å². The molecule has 12 heavy (non-hydrogen) atoms. The van der Waals surface area contributed by atoms with Crippen molar-refractivity contribution < 1.29 is 4.79 Å². The Labute approximate surface area is 74.9 Å². The molecule has 1 heterocycles. The molecule has 0 N–H and O–H groups in total. The van der Waals surface area contributed by atoms with Crippen molar-refractivity contribution >= 4 is 5.78 Å². The summed E-state index contributed by atoms with van der Waals surface area (Å²) in [6.07, 6.45) is 0.740. The van der Waals surface area contributed by atoms with Gasteiger partial charge in [0.05, 0.1) is 0 Å². The van der Waals surface area contributed by atoms with Crippen LogP contribution in [-0.4, -0.2) is 30.3 Å². The maximum absolute atomic E-state index is 11.2. The second kappa shape index (κ2) is 4.04. The van der Waals surface area contributed by atoms with E-state index < -0.39 is 0 Å². The van der Waals surface area contributed by atoms with Crippen molar-refractivity contribution in [1.29, 1.82) is 0 Å². The van der Waals surface area contributed by atoms with E-state index in [1.54, 1.807) is 0 Å². The van der Waals surface area contributed by atoms with E-state index in [0.717, 1.165) is 18.9 Å². The zero-order chi connectivity index (χ0) is 9.14. The fraction of sp³-hybridized carbons (Fsp3) is 0.900. The van der Waals surface area contributed by atoms with Crippen LogP contribution in [0.1, 0.15) is 27.2 Å². The molecule has 1 rings (SSSR count). The van der Waals surface area contributed by atoms with Gasteiger partial charge in [0.25, 0.3) is 0 Å². The summed E-state index contributed by atoms with van der Waals surface area (Å²) < 4.78 is 0. The lowest BCUT2D eigenvalue weighted by Crippen LogP contribution is -2.45. The van der Waals surface area contributed by atoms with Crippen molar-refractivity contribution in [2.24, 2.45) is 11.8 Å². The van der Waals surface area contributed by atoms with E-state index in [1.807, 2.05) is 13.8 Å². The van der Waals surface area contributed by atoms with Gasteiger partial charge in [0.15, 0.2) is 0 Å². The van der Waals surface area contributed by atoms with Gasteiger partial charge in [0, 0.05) is 32.0 Å². The fourth-order valence-electron chi connectivity index (χ4n) is 1.57. The van der Waals surface area contributed by atoms with E-state index in [9.17, 15) is 4.79 Å². The van der Waals surface area contributed by atoms with Crippen molar-refractivity contribution in [3.8, 4) is 0 Å². The highest BCUT2D eigenvalue weighted by atomic mass is 16.1. The second-order valence-electron chi connectivity index (χ2n) is 4.24. The molecule has 0 aromatic carbocycles. The molecule has 0 saturated carbocycles. The molecule has 0 unspecified atom stereocenters. The Kier molecular flexibility index (Phi) is 3.27. The first-order valence-corrected chi connectivity index (χ1v) is 4.84. The maximum atomic E-state index is 11.2. The number of ketones is 1. The molecule has 0 aromatic rings. The van der Waals surface area contributed by atoms with Crippen LogP contribution in [-0.2, 0) is 4.79 Å². The number of hydrogen-bond acceptors (Lipinski definition) is 2. The predicted octanol–water partition coefficient (Wildman–Crippen LogP) is 1.55. The minimum absolute atomic E-state index is 0.212. The highest BCUT2D eigenvalue weighted by molar-refractivity contribution is 5.80. The van der Waals surface area contributed by atoms with Gasteiger partial charge in [-0.15, -0.1) is 0 Å². The number of carbonyl (C=O) groups excluding carboxylic acids is 1. The summed E-state index contributed by atoms with van der Waals surface area (Å²) in [6, 6.07) is 0. The van der Waals surface area contributed by atoms with Crippen LogP contribution in [0.4, 0.5) is 0 Å². The van der Waals surface area contributed by atoms with Gasteiger partial charge >= 0.3 is 0 Å². The smallest absolute Gasteiger partial charge is 0.136 e. The Balaban J connectivity index is 2.06. The van der Waals surface area contributed by atoms with Gasteiger partial charge in [-0.05, 0) is 5.92 Å². The van der Waals surface area contributed by atoms with Crippen LogP contribution in [0.25, 0.3) is 0 Å². The van der Waals surface area contributed by atoms with Gasteiger partial charge in [-0.3, -0.25) is 4.79 Å². The van der Waals surface area contributed by atoms with Crippen LogP contribution in [0.5, 0.6) is 0 Å². The van der Waals surface area contributed by atoms with Crippen LogP contribution in [0.2, 0.25) is 0 Å². The van der Waals surface area contributed by atoms with Crippen molar-refractivity contribution in [3.05, 3.63) is 0 Å². The average molecular weight is 169 g/mol. The zero-order valence-corrected chi connectivity index (χ0v) is 8.34. The summed E-state index contributed by atoms with van der Waals surface area (Å²) >= 11 is 0. The lowest BCUT2D eigenvalue weighted by molar-refractivity contribution is -0.122. The number of nitrogens with zero attached hydrogens (tertiary/aromatic N) is 1. The number of likely N-dealkylation sites (tertiary alicyclic amines) is 1. The molecule has 1 aliphatic heterocycles. The predicted molar refractivity (Wildman–Crippen MR) is 50.1 cm³/mol. The van der Waals surface area contributed by atoms with Crippen LogP contribution in [0.3, 0.4) is 0 Å². The number of carbonyl (C=O) groups is 1. The van der Waals surface area contributed by atoms with Crippen molar-refractivity contribution in [3.63, 3.8) is 0 Å². The third kappa shape index (κ3) is 2.59. The second-order valence-corrected chi connectivity index (χ2v) is 4.24. The van der Waals surface area contributed by atoms with Gasteiger partial charge in [0.1, 0.15) is 5.78 Å². The quantitative estimate of drug-likeness (QED) is 0.636. The Morgan fingerprint density at radius 1 is 1.50 bits per heavy atom. The molecule has 1 fully saturated rings. The summed E-state index contributed by atoms with van der Waals surface area (Å²) in [5.74, 6) is 1.46. The summed E-state index contributed by atoms with van der Waals surface area (Å²) in [7, 11) is 0. The molecule has 0 aliphatic carbocycles. The first-order valence-electron chi connectivity index (χ1n) is 4.84. The summed E-state index contributed by atoms with van der Waals surface area (Å²) in [5.41, 5.74) is 0. The number of rotatable bonds is 4. The monoisotopic (exact) mass is 169 g/mol. The summed E-state index contributed by atoms with van der Waals surface area (Å²) in [5, 5.41) is 0. The van der Waals surface area contributed by atoms with E-state index in [1.165, 1.54) is 13.1 Å².